The molecular formula is C18H16O7. The first-order chi connectivity index (χ1) is 11.9. The van der Waals surface area contributed by atoms with Gasteiger partial charge in [0.1, 0.15) is 0 Å². The van der Waals surface area contributed by atoms with Gasteiger partial charge in [-0.15, -0.1) is 0 Å². The van der Waals surface area contributed by atoms with E-state index in [1.807, 2.05) is 0 Å². The van der Waals surface area contributed by atoms with Crippen LogP contribution in [0.25, 0.3) is 0 Å². The average Bonchev–Trinajstić information content (AvgIpc) is 2.60. The van der Waals surface area contributed by atoms with Gasteiger partial charge in [0, 0.05) is 11.1 Å². The summed E-state index contributed by atoms with van der Waals surface area (Å²) in [5.74, 6) is -1.89. The van der Waals surface area contributed by atoms with Crippen LogP contribution >= 0.6 is 0 Å². The third kappa shape index (κ3) is 2.12. The van der Waals surface area contributed by atoms with E-state index in [9.17, 15) is 19.8 Å². The molecule has 7 heteroatoms. The van der Waals surface area contributed by atoms with Crippen molar-refractivity contribution in [2.24, 2.45) is 0 Å². The predicted molar refractivity (Wildman–Crippen MR) is 87.5 cm³/mol. The van der Waals surface area contributed by atoms with E-state index in [0.29, 0.717) is 5.56 Å². The second-order valence-corrected chi connectivity index (χ2v) is 5.54. The van der Waals surface area contributed by atoms with E-state index in [2.05, 4.69) is 0 Å². The van der Waals surface area contributed by atoms with Crippen molar-refractivity contribution in [3.63, 3.8) is 0 Å². The fourth-order valence-electron chi connectivity index (χ4n) is 3.03. The number of benzene rings is 2. The molecule has 0 aromatic heterocycles. The molecule has 0 unspecified atom stereocenters. The van der Waals surface area contributed by atoms with Crippen LogP contribution in [0.3, 0.4) is 0 Å². The second-order valence-electron chi connectivity index (χ2n) is 5.54. The van der Waals surface area contributed by atoms with Gasteiger partial charge in [-0.2, -0.15) is 0 Å². The van der Waals surface area contributed by atoms with Gasteiger partial charge in [0.05, 0.1) is 32.5 Å². The number of hydrogen-bond donors (Lipinski definition) is 2. The Hall–Kier alpha value is -3.22. The van der Waals surface area contributed by atoms with Crippen molar-refractivity contribution in [2.75, 3.05) is 21.3 Å². The van der Waals surface area contributed by atoms with Gasteiger partial charge in [-0.1, -0.05) is 0 Å². The minimum Gasteiger partial charge on any atom is -0.504 e. The third-order valence-electron chi connectivity index (χ3n) is 4.24. The molecule has 0 heterocycles. The monoisotopic (exact) mass is 344 g/mol. The largest absolute Gasteiger partial charge is 0.504 e. The number of ether oxygens (including phenoxy) is 3. The molecule has 0 amide bonds. The number of hydrogen-bond acceptors (Lipinski definition) is 7. The number of carbonyl (C=O) groups excluding carboxylic acids is 2. The van der Waals surface area contributed by atoms with Gasteiger partial charge in [-0.3, -0.25) is 9.59 Å². The van der Waals surface area contributed by atoms with Crippen LogP contribution in [-0.2, 0) is 0 Å². The number of aromatic hydroxyl groups is 2. The summed E-state index contributed by atoms with van der Waals surface area (Å²) >= 11 is 0. The van der Waals surface area contributed by atoms with Crippen molar-refractivity contribution in [1.82, 2.24) is 0 Å². The molecule has 3 rings (SSSR count). The number of phenols is 2. The van der Waals surface area contributed by atoms with Crippen molar-refractivity contribution in [3.8, 4) is 28.7 Å². The lowest BCUT2D eigenvalue weighted by Crippen LogP contribution is -2.23. The molecule has 2 N–H and O–H groups in total. The molecule has 0 fully saturated rings. The van der Waals surface area contributed by atoms with E-state index in [4.69, 9.17) is 14.2 Å². The lowest BCUT2D eigenvalue weighted by atomic mass is 9.81. The topological polar surface area (TPSA) is 102 Å². The van der Waals surface area contributed by atoms with Crippen molar-refractivity contribution >= 4 is 11.6 Å². The fourth-order valence-corrected chi connectivity index (χ4v) is 3.03. The molecule has 0 spiro atoms. The first-order valence-corrected chi connectivity index (χ1v) is 7.35. The Morgan fingerprint density at radius 1 is 0.760 bits per heavy atom. The van der Waals surface area contributed by atoms with Crippen LogP contribution in [-0.4, -0.2) is 43.1 Å². The van der Waals surface area contributed by atoms with Crippen LogP contribution in [0.4, 0.5) is 0 Å². The minimum atomic E-state index is -0.591. The van der Waals surface area contributed by atoms with E-state index in [0.717, 1.165) is 0 Å². The Morgan fingerprint density at radius 3 is 1.80 bits per heavy atom. The van der Waals surface area contributed by atoms with Gasteiger partial charge < -0.3 is 24.4 Å². The van der Waals surface area contributed by atoms with Gasteiger partial charge in [0.15, 0.2) is 28.8 Å². The summed E-state index contributed by atoms with van der Waals surface area (Å²) in [5.41, 5.74) is 0.402. The standard InChI is InChI=1S/C18H16O7/c1-7-5-8-11(17(24-3)13(7)19)16(22)12-9(14(8)20)6-10(23-2)15(21)18(12)25-4/h5-6,19,21H,1-4H3. The third-order valence-corrected chi connectivity index (χ3v) is 4.24. The average molecular weight is 344 g/mol. The van der Waals surface area contributed by atoms with Gasteiger partial charge >= 0.3 is 0 Å². The second kappa shape index (κ2) is 5.70. The Bertz CT molecular complexity index is 928. The zero-order valence-corrected chi connectivity index (χ0v) is 14.1. The number of methoxy groups -OCH3 is 3. The summed E-state index contributed by atoms with van der Waals surface area (Å²) in [7, 11) is 3.89. The molecule has 2 aromatic rings. The summed E-state index contributed by atoms with van der Waals surface area (Å²) in [6, 6.07) is 2.73. The van der Waals surface area contributed by atoms with E-state index in [-0.39, 0.29) is 51.0 Å². The summed E-state index contributed by atoms with van der Waals surface area (Å²) in [6.45, 7) is 1.60. The molecule has 130 valence electrons. The number of carbonyl (C=O) groups is 2. The zero-order valence-electron chi connectivity index (χ0n) is 14.1. The van der Waals surface area contributed by atoms with Crippen molar-refractivity contribution < 1.29 is 34.0 Å². The molecule has 0 saturated carbocycles. The van der Waals surface area contributed by atoms with E-state index >= 15 is 0 Å². The highest BCUT2D eigenvalue weighted by atomic mass is 16.5. The maximum atomic E-state index is 13.1. The Morgan fingerprint density at radius 2 is 1.28 bits per heavy atom. The smallest absolute Gasteiger partial charge is 0.202 e. The highest BCUT2D eigenvalue weighted by molar-refractivity contribution is 6.31. The summed E-state index contributed by atoms with van der Waals surface area (Å²) in [4.78, 5) is 26.0. The molecule has 0 radical (unpaired) electrons. The summed E-state index contributed by atoms with van der Waals surface area (Å²) in [5, 5.41) is 20.4. The highest BCUT2D eigenvalue weighted by Gasteiger charge is 2.38. The van der Waals surface area contributed by atoms with Crippen LogP contribution in [0.1, 0.15) is 37.4 Å². The highest BCUT2D eigenvalue weighted by Crippen LogP contribution is 2.47. The number of rotatable bonds is 3. The molecule has 0 atom stereocenters. The van der Waals surface area contributed by atoms with Gasteiger partial charge in [0.2, 0.25) is 11.5 Å². The minimum absolute atomic E-state index is 0.0164. The van der Waals surface area contributed by atoms with Gasteiger partial charge in [-0.05, 0) is 24.6 Å². The van der Waals surface area contributed by atoms with Crippen molar-refractivity contribution in [1.29, 1.82) is 0 Å². The summed E-state index contributed by atoms with van der Waals surface area (Å²) < 4.78 is 15.4. The van der Waals surface area contributed by atoms with Crippen LogP contribution in [0.2, 0.25) is 0 Å². The molecule has 1 aliphatic carbocycles. The van der Waals surface area contributed by atoms with E-state index < -0.39 is 11.6 Å². The Balaban J connectivity index is 2.42. The molecule has 1 aliphatic rings. The zero-order chi connectivity index (χ0) is 18.5. The Kier molecular flexibility index (Phi) is 3.79. The molecule has 0 saturated heterocycles. The predicted octanol–water partition coefficient (Wildman–Crippen LogP) is 2.21. The molecule has 25 heavy (non-hydrogen) atoms. The lowest BCUT2D eigenvalue weighted by molar-refractivity contribution is 0.0972. The molecule has 0 bridgehead atoms. The number of ketones is 2. The van der Waals surface area contributed by atoms with E-state index in [1.54, 1.807) is 6.92 Å². The normalized spacial score (nSPS) is 12.5. The molecule has 0 aliphatic heterocycles. The fraction of sp³-hybridized carbons (Fsp3) is 0.222. The quantitative estimate of drug-likeness (QED) is 0.751. The number of aryl methyl sites for hydroxylation is 1. The van der Waals surface area contributed by atoms with Crippen LogP contribution in [0.15, 0.2) is 12.1 Å². The molecule has 7 nitrogen and oxygen atoms in total. The van der Waals surface area contributed by atoms with E-state index in [1.165, 1.54) is 33.5 Å². The van der Waals surface area contributed by atoms with Crippen molar-refractivity contribution in [3.05, 3.63) is 39.9 Å². The molecule has 2 aromatic carbocycles. The van der Waals surface area contributed by atoms with Gasteiger partial charge in [0.25, 0.3) is 0 Å². The number of fused-ring (bicyclic) bond motifs is 2. The maximum Gasteiger partial charge on any atom is 0.202 e. The summed E-state index contributed by atoms with van der Waals surface area (Å²) in [6.07, 6.45) is 0. The first-order valence-electron chi connectivity index (χ1n) is 7.35. The van der Waals surface area contributed by atoms with Crippen LogP contribution in [0, 0.1) is 6.92 Å². The SMILES string of the molecule is COc1cc2c(c(OC)c1O)C(=O)c1c(cc(C)c(O)c1OC)C2=O. The van der Waals surface area contributed by atoms with Crippen LogP contribution < -0.4 is 14.2 Å². The Labute approximate surface area is 143 Å². The first kappa shape index (κ1) is 16.6. The van der Waals surface area contributed by atoms with Crippen molar-refractivity contribution in [2.45, 2.75) is 6.92 Å². The number of phenolic OH excluding ortho intramolecular Hbond substituents is 2. The molecular weight excluding hydrogens is 328 g/mol. The van der Waals surface area contributed by atoms with Crippen LogP contribution in [0.5, 0.6) is 28.7 Å². The maximum absolute atomic E-state index is 13.1. The van der Waals surface area contributed by atoms with Gasteiger partial charge in [-0.25, -0.2) is 0 Å². The lowest BCUT2D eigenvalue weighted by Gasteiger charge is -2.24.